The molecule has 1 fully saturated rings. The Labute approximate surface area is 136 Å². The number of methoxy groups -OCH3 is 1. The van der Waals surface area contributed by atoms with E-state index in [1.807, 2.05) is 12.1 Å². The van der Waals surface area contributed by atoms with Gasteiger partial charge in [-0.2, -0.15) is 0 Å². The molecule has 1 aliphatic heterocycles. The summed E-state index contributed by atoms with van der Waals surface area (Å²) in [5.74, 6) is 1.80. The molecule has 0 unspecified atom stereocenters. The molecule has 0 saturated carbocycles. The Morgan fingerprint density at radius 2 is 2.13 bits per heavy atom. The van der Waals surface area contributed by atoms with Gasteiger partial charge in [-0.3, -0.25) is 4.79 Å². The SMILES string of the molecule is CCC1CCN(c2nccc3cc(C(N)=O)c(OC)cc23)CC1. The highest BCUT2D eigenvalue weighted by Gasteiger charge is 2.21. The third-order valence-electron chi connectivity index (χ3n) is 4.82. The van der Waals surface area contributed by atoms with Gasteiger partial charge in [-0.05, 0) is 42.3 Å². The number of nitrogens with zero attached hydrogens (tertiary/aromatic N) is 2. The van der Waals surface area contributed by atoms with Crippen molar-refractivity contribution in [2.75, 3.05) is 25.1 Å². The molecule has 0 aliphatic carbocycles. The first kappa shape index (κ1) is 15.6. The summed E-state index contributed by atoms with van der Waals surface area (Å²) in [6, 6.07) is 5.58. The Morgan fingerprint density at radius 1 is 1.39 bits per heavy atom. The van der Waals surface area contributed by atoms with Crippen molar-refractivity contribution in [1.82, 2.24) is 4.98 Å². The van der Waals surface area contributed by atoms with E-state index in [-0.39, 0.29) is 0 Å². The van der Waals surface area contributed by atoms with Crippen LogP contribution in [0.4, 0.5) is 5.82 Å². The van der Waals surface area contributed by atoms with E-state index in [0.29, 0.717) is 11.3 Å². The second kappa shape index (κ2) is 6.44. The average molecular weight is 313 g/mol. The van der Waals surface area contributed by atoms with E-state index < -0.39 is 5.91 Å². The van der Waals surface area contributed by atoms with Crippen LogP contribution in [0.1, 0.15) is 36.5 Å². The largest absolute Gasteiger partial charge is 0.496 e. The molecule has 1 amide bonds. The summed E-state index contributed by atoms with van der Waals surface area (Å²) in [5, 5.41) is 1.96. The third-order valence-corrected chi connectivity index (χ3v) is 4.82. The standard InChI is InChI=1S/C18H23N3O2/c1-3-12-5-8-21(9-6-12)18-14-11-16(23-2)15(17(19)22)10-13(14)4-7-20-18/h4,7,10-12H,3,5-6,8-9H2,1-2H3,(H2,19,22). The number of aromatic nitrogens is 1. The maximum Gasteiger partial charge on any atom is 0.252 e. The highest BCUT2D eigenvalue weighted by atomic mass is 16.5. The zero-order chi connectivity index (χ0) is 16.4. The zero-order valence-corrected chi connectivity index (χ0v) is 13.7. The van der Waals surface area contributed by atoms with Gasteiger partial charge in [0.2, 0.25) is 0 Å². The minimum atomic E-state index is -0.481. The Balaban J connectivity index is 2.03. The summed E-state index contributed by atoms with van der Waals surface area (Å²) < 4.78 is 5.34. The number of benzene rings is 1. The van der Waals surface area contributed by atoms with Crippen molar-refractivity contribution in [3.63, 3.8) is 0 Å². The quantitative estimate of drug-likeness (QED) is 0.942. The molecule has 122 valence electrons. The van der Waals surface area contributed by atoms with Gasteiger partial charge in [0.1, 0.15) is 11.6 Å². The minimum absolute atomic E-state index is 0.404. The van der Waals surface area contributed by atoms with E-state index in [9.17, 15) is 4.79 Å². The lowest BCUT2D eigenvalue weighted by Crippen LogP contribution is -2.34. The van der Waals surface area contributed by atoms with E-state index in [2.05, 4.69) is 16.8 Å². The molecule has 3 rings (SSSR count). The predicted molar refractivity (Wildman–Crippen MR) is 92.0 cm³/mol. The molecule has 1 saturated heterocycles. The average Bonchev–Trinajstić information content (AvgIpc) is 2.60. The topological polar surface area (TPSA) is 68.5 Å². The lowest BCUT2D eigenvalue weighted by atomic mass is 9.94. The van der Waals surface area contributed by atoms with Crippen LogP contribution in [-0.4, -0.2) is 31.1 Å². The molecule has 0 radical (unpaired) electrons. The van der Waals surface area contributed by atoms with Crippen LogP contribution in [0.15, 0.2) is 24.4 Å². The van der Waals surface area contributed by atoms with Crippen molar-refractivity contribution in [2.45, 2.75) is 26.2 Å². The number of hydrogen-bond donors (Lipinski definition) is 1. The molecule has 2 N–H and O–H groups in total. The molecule has 1 aromatic heterocycles. The molecular weight excluding hydrogens is 290 g/mol. The smallest absolute Gasteiger partial charge is 0.252 e. The fraction of sp³-hybridized carbons (Fsp3) is 0.444. The maximum absolute atomic E-state index is 11.6. The van der Waals surface area contributed by atoms with Gasteiger partial charge < -0.3 is 15.4 Å². The highest BCUT2D eigenvalue weighted by Crippen LogP contribution is 2.33. The van der Waals surface area contributed by atoms with Crippen molar-refractivity contribution >= 4 is 22.5 Å². The number of carbonyl (C=O) groups excluding carboxylic acids is 1. The molecule has 0 spiro atoms. The number of piperidine rings is 1. The van der Waals surface area contributed by atoms with Crippen LogP contribution in [-0.2, 0) is 0 Å². The number of primary amides is 1. The van der Waals surface area contributed by atoms with Gasteiger partial charge in [-0.25, -0.2) is 4.98 Å². The van der Waals surface area contributed by atoms with E-state index in [1.54, 1.807) is 19.4 Å². The Kier molecular flexibility index (Phi) is 4.37. The Morgan fingerprint density at radius 3 is 2.74 bits per heavy atom. The van der Waals surface area contributed by atoms with Crippen molar-refractivity contribution in [1.29, 1.82) is 0 Å². The fourth-order valence-electron chi connectivity index (χ4n) is 3.35. The van der Waals surface area contributed by atoms with E-state index in [0.717, 1.165) is 35.6 Å². The van der Waals surface area contributed by atoms with Gasteiger partial charge >= 0.3 is 0 Å². The normalized spacial score (nSPS) is 15.8. The number of fused-ring (bicyclic) bond motifs is 1. The van der Waals surface area contributed by atoms with Crippen molar-refractivity contribution in [3.05, 3.63) is 30.0 Å². The van der Waals surface area contributed by atoms with Crippen molar-refractivity contribution in [2.24, 2.45) is 11.7 Å². The van der Waals surface area contributed by atoms with Gasteiger partial charge in [0, 0.05) is 24.7 Å². The lowest BCUT2D eigenvalue weighted by molar-refractivity contribution is 0.0997. The molecule has 2 aromatic rings. The third kappa shape index (κ3) is 2.96. The summed E-state index contributed by atoms with van der Waals surface area (Å²) >= 11 is 0. The summed E-state index contributed by atoms with van der Waals surface area (Å²) in [7, 11) is 1.55. The van der Waals surface area contributed by atoms with Crippen LogP contribution < -0.4 is 15.4 Å². The first-order valence-electron chi connectivity index (χ1n) is 8.15. The van der Waals surface area contributed by atoms with E-state index >= 15 is 0 Å². The van der Waals surface area contributed by atoms with Gasteiger partial charge in [-0.1, -0.05) is 13.3 Å². The monoisotopic (exact) mass is 313 g/mol. The first-order valence-corrected chi connectivity index (χ1v) is 8.15. The fourth-order valence-corrected chi connectivity index (χ4v) is 3.35. The molecule has 0 atom stereocenters. The molecule has 5 nitrogen and oxygen atoms in total. The first-order chi connectivity index (χ1) is 11.1. The van der Waals surface area contributed by atoms with E-state index in [1.165, 1.54) is 19.3 Å². The van der Waals surface area contributed by atoms with Crippen LogP contribution in [0.25, 0.3) is 10.8 Å². The summed E-state index contributed by atoms with van der Waals surface area (Å²) in [5.41, 5.74) is 5.85. The van der Waals surface area contributed by atoms with Crippen LogP contribution >= 0.6 is 0 Å². The summed E-state index contributed by atoms with van der Waals surface area (Å²) in [4.78, 5) is 18.5. The minimum Gasteiger partial charge on any atom is -0.496 e. The second-order valence-electron chi connectivity index (χ2n) is 6.11. The Bertz CT molecular complexity index is 722. The number of rotatable bonds is 4. The van der Waals surface area contributed by atoms with Gasteiger partial charge in [-0.15, -0.1) is 0 Å². The molecular formula is C18H23N3O2. The zero-order valence-electron chi connectivity index (χ0n) is 13.7. The molecule has 1 aliphatic rings. The molecule has 1 aromatic carbocycles. The lowest BCUT2D eigenvalue weighted by Gasteiger charge is -2.33. The van der Waals surface area contributed by atoms with Crippen LogP contribution in [0.3, 0.4) is 0 Å². The molecule has 2 heterocycles. The highest BCUT2D eigenvalue weighted by molar-refractivity contribution is 6.03. The number of hydrogen-bond acceptors (Lipinski definition) is 4. The van der Waals surface area contributed by atoms with Gasteiger partial charge in [0.25, 0.3) is 5.91 Å². The van der Waals surface area contributed by atoms with Gasteiger partial charge in [0.05, 0.1) is 12.7 Å². The molecule has 0 bridgehead atoms. The van der Waals surface area contributed by atoms with Crippen LogP contribution in [0.5, 0.6) is 5.75 Å². The summed E-state index contributed by atoms with van der Waals surface area (Å²) in [6.07, 6.45) is 5.43. The molecule has 23 heavy (non-hydrogen) atoms. The Hall–Kier alpha value is -2.30. The van der Waals surface area contributed by atoms with Crippen molar-refractivity contribution < 1.29 is 9.53 Å². The van der Waals surface area contributed by atoms with E-state index in [4.69, 9.17) is 10.5 Å². The maximum atomic E-state index is 11.6. The van der Waals surface area contributed by atoms with Crippen molar-refractivity contribution in [3.8, 4) is 5.75 Å². The van der Waals surface area contributed by atoms with Gasteiger partial charge in [0.15, 0.2) is 0 Å². The number of amides is 1. The number of anilines is 1. The molecule has 5 heteroatoms. The number of carbonyl (C=O) groups is 1. The van der Waals surface area contributed by atoms with Crippen LogP contribution in [0, 0.1) is 5.92 Å². The summed E-state index contributed by atoms with van der Waals surface area (Å²) in [6.45, 7) is 4.29. The number of nitrogens with two attached hydrogens (primary N) is 1. The number of pyridine rings is 1. The second-order valence-corrected chi connectivity index (χ2v) is 6.11. The predicted octanol–water partition coefficient (Wildman–Crippen LogP) is 2.97. The van der Waals surface area contributed by atoms with Crippen LogP contribution in [0.2, 0.25) is 0 Å². The number of ether oxygens (including phenoxy) is 1.